The van der Waals surface area contributed by atoms with Gasteiger partial charge in [-0.25, -0.2) is 14.6 Å². The molecule has 1 fully saturated rings. The molecule has 2 aromatic rings. The second-order valence-electron chi connectivity index (χ2n) is 8.74. The molecule has 0 radical (unpaired) electrons. The number of hydrazone groups is 1. The van der Waals surface area contributed by atoms with E-state index in [4.69, 9.17) is 0 Å². The van der Waals surface area contributed by atoms with E-state index in [2.05, 4.69) is 15.4 Å². The highest BCUT2D eigenvalue weighted by atomic mass is 19.4. The van der Waals surface area contributed by atoms with Crippen LogP contribution in [-0.4, -0.2) is 69.1 Å². The minimum absolute atomic E-state index is 0.0600. The number of amides is 5. The number of hydrogen-bond donors (Lipinski definition) is 1. The van der Waals surface area contributed by atoms with Crippen LogP contribution < -0.4 is 5.32 Å². The molecule has 1 saturated heterocycles. The summed E-state index contributed by atoms with van der Waals surface area (Å²) in [6, 6.07) is 7.36. The van der Waals surface area contributed by atoms with Gasteiger partial charge >= 0.3 is 18.2 Å². The van der Waals surface area contributed by atoms with Crippen molar-refractivity contribution in [2.75, 3.05) is 19.6 Å². The number of benzene rings is 1. The number of imide groups is 1. The summed E-state index contributed by atoms with van der Waals surface area (Å²) in [7, 11) is 0. The monoisotopic (exact) mass is 502 g/mol. The number of carbonyl (C=O) groups is 3. The third-order valence-electron chi connectivity index (χ3n) is 6.19. The zero-order valence-corrected chi connectivity index (χ0v) is 19.9. The fourth-order valence-corrected chi connectivity index (χ4v) is 4.14. The van der Waals surface area contributed by atoms with Crippen LogP contribution in [0.25, 0.3) is 0 Å². The molecule has 4 rings (SSSR count). The first-order valence-corrected chi connectivity index (χ1v) is 11.3. The summed E-state index contributed by atoms with van der Waals surface area (Å²) in [5, 5.41) is 8.40. The second kappa shape index (κ2) is 9.59. The van der Waals surface area contributed by atoms with E-state index >= 15 is 0 Å². The highest BCUT2D eigenvalue weighted by molar-refractivity contribution is 6.08. The van der Waals surface area contributed by atoms with Gasteiger partial charge in [-0.2, -0.15) is 18.3 Å². The molecule has 12 heteroatoms. The summed E-state index contributed by atoms with van der Waals surface area (Å²) in [5.41, 5.74) is 1.64. The third kappa shape index (κ3) is 5.02. The zero-order chi connectivity index (χ0) is 26.2. The van der Waals surface area contributed by atoms with Gasteiger partial charge in [0.15, 0.2) is 0 Å². The largest absolute Gasteiger partial charge is 0.433 e. The Labute approximate surface area is 205 Å². The number of nitrogens with one attached hydrogen (secondary N) is 1. The van der Waals surface area contributed by atoms with Crippen LogP contribution in [0.1, 0.15) is 42.3 Å². The molecule has 0 bridgehead atoms. The number of halogens is 3. The molecule has 3 heterocycles. The van der Waals surface area contributed by atoms with Crippen molar-refractivity contribution < 1.29 is 27.6 Å². The van der Waals surface area contributed by atoms with Gasteiger partial charge in [0.2, 0.25) is 5.91 Å². The summed E-state index contributed by atoms with van der Waals surface area (Å²) in [6.07, 6.45) is -3.48. The Morgan fingerprint density at radius 3 is 2.36 bits per heavy atom. The molecule has 190 valence electrons. The van der Waals surface area contributed by atoms with E-state index in [1.807, 2.05) is 31.2 Å². The predicted molar refractivity (Wildman–Crippen MR) is 124 cm³/mol. The average Bonchev–Trinajstić information content (AvgIpc) is 3.43. The Morgan fingerprint density at radius 2 is 1.81 bits per heavy atom. The first-order valence-electron chi connectivity index (χ1n) is 11.3. The van der Waals surface area contributed by atoms with Crippen LogP contribution in [-0.2, 0) is 11.0 Å². The molecule has 0 aliphatic carbocycles. The molecule has 9 nitrogen and oxygen atoms in total. The lowest BCUT2D eigenvalue weighted by atomic mass is 10.0. The summed E-state index contributed by atoms with van der Waals surface area (Å²) in [6.45, 7) is 5.48. The molecular weight excluding hydrogens is 477 g/mol. The van der Waals surface area contributed by atoms with E-state index in [1.54, 1.807) is 6.92 Å². The standard InChI is InChI=1S/C24H25F3N6O3/c1-14-4-6-17(7-5-14)21-19(32-11-10-31(16(3)34)23(32)36)13-33(30-21)22(35)29-15(2)18-8-9-20(28-12-18)24(25,26)27/h4-9,12,15,19H,10-11,13H2,1-3H3,(H,29,35)/t15?,19-/m1/s1. The number of urea groups is 2. The van der Waals surface area contributed by atoms with Crippen molar-refractivity contribution in [1.29, 1.82) is 0 Å². The molecule has 36 heavy (non-hydrogen) atoms. The second-order valence-corrected chi connectivity index (χ2v) is 8.74. The van der Waals surface area contributed by atoms with E-state index in [9.17, 15) is 27.6 Å². The molecule has 1 N–H and O–H groups in total. The van der Waals surface area contributed by atoms with Crippen molar-refractivity contribution >= 4 is 23.7 Å². The lowest BCUT2D eigenvalue weighted by molar-refractivity contribution is -0.141. The summed E-state index contributed by atoms with van der Waals surface area (Å²) in [5.74, 6) is -0.358. The smallest absolute Gasteiger partial charge is 0.330 e. The van der Waals surface area contributed by atoms with Gasteiger partial charge < -0.3 is 10.2 Å². The number of nitrogens with zero attached hydrogens (tertiary/aromatic N) is 5. The molecule has 2 aliphatic rings. The third-order valence-corrected chi connectivity index (χ3v) is 6.19. The SMILES string of the molecule is CC(=O)N1CCN([C@@H]2CN(C(=O)NC(C)c3ccc(C(F)(F)F)nc3)N=C2c2ccc(C)cc2)C1=O. The van der Waals surface area contributed by atoms with Gasteiger partial charge in [0.05, 0.1) is 24.3 Å². The van der Waals surface area contributed by atoms with Crippen molar-refractivity contribution in [3.63, 3.8) is 0 Å². The van der Waals surface area contributed by atoms with Crippen LogP contribution in [0.15, 0.2) is 47.7 Å². The topological polar surface area (TPSA) is 98.2 Å². The Morgan fingerprint density at radius 1 is 1.11 bits per heavy atom. The van der Waals surface area contributed by atoms with Gasteiger partial charge in [-0.1, -0.05) is 35.9 Å². The quantitative estimate of drug-likeness (QED) is 0.692. The normalized spacial score (nSPS) is 18.9. The molecular formula is C24H25F3N6O3. The lowest BCUT2D eigenvalue weighted by Gasteiger charge is -2.25. The van der Waals surface area contributed by atoms with Gasteiger partial charge in [0, 0.05) is 26.2 Å². The minimum Gasteiger partial charge on any atom is -0.330 e. The van der Waals surface area contributed by atoms with E-state index in [0.29, 0.717) is 17.8 Å². The van der Waals surface area contributed by atoms with Gasteiger partial charge in [-0.05, 0) is 31.0 Å². The molecule has 2 atom stereocenters. The maximum Gasteiger partial charge on any atom is 0.433 e. The van der Waals surface area contributed by atoms with Crippen LogP contribution in [0.5, 0.6) is 0 Å². The van der Waals surface area contributed by atoms with E-state index in [-0.39, 0.29) is 19.0 Å². The van der Waals surface area contributed by atoms with Gasteiger partial charge in [-0.15, -0.1) is 0 Å². The van der Waals surface area contributed by atoms with Crippen LogP contribution in [0.2, 0.25) is 0 Å². The van der Waals surface area contributed by atoms with E-state index in [0.717, 1.165) is 28.3 Å². The predicted octanol–water partition coefficient (Wildman–Crippen LogP) is 3.55. The fraction of sp³-hybridized carbons (Fsp3) is 0.375. The van der Waals surface area contributed by atoms with Crippen molar-refractivity contribution in [2.45, 2.75) is 39.0 Å². The summed E-state index contributed by atoms with van der Waals surface area (Å²) < 4.78 is 38.4. The maximum absolute atomic E-state index is 13.0. The van der Waals surface area contributed by atoms with Gasteiger partial charge in [0.1, 0.15) is 5.69 Å². The van der Waals surface area contributed by atoms with Crippen LogP contribution in [0.3, 0.4) is 0 Å². The Kier molecular flexibility index (Phi) is 6.70. The molecule has 5 amide bonds. The van der Waals surface area contributed by atoms with Crippen molar-refractivity contribution in [3.05, 3.63) is 65.0 Å². The lowest BCUT2D eigenvalue weighted by Crippen LogP contribution is -2.47. The number of aromatic nitrogens is 1. The summed E-state index contributed by atoms with van der Waals surface area (Å²) in [4.78, 5) is 43.8. The van der Waals surface area contributed by atoms with E-state index < -0.39 is 36.0 Å². The Bertz CT molecular complexity index is 1200. The molecule has 1 unspecified atom stereocenters. The molecule has 0 saturated carbocycles. The first-order chi connectivity index (χ1) is 17.0. The van der Waals surface area contributed by atoms with Crippen molar-refractivity contribution in [3.8, 4) is 0 Å². The van der Waals surface area contributed by atoms with Crippen molar-refractivity contribution in [1.82, 2.24) is 25.1 Å². The molecule has 1 aromatic carbocycles. The number of pyridine rings is 1. The van der Waals surface area contributed by atoms with E-state index in [1.165, 1.54) is 22.9 Å². The minimum atomic E-state index is -4.55. The average molecular weight is 502 g/mol. The number of hydrogen-bond acceptors (Lipinski definition) is 5. The van der Waals surface area contributed by atoms with Crippen LogP contribution >= 0.6 is 0 Å². The number of alkyl halides is 3. The molecule has 2 aliphatic heterocycles. The molecule has 1 aromatic heterocycles. The van der Waals surface area contributed by atoms with Gasteiger partial charge in [0.25, 0.3) is 0 Å². The first kappa shape index (κ1) is 25.1. The Hall–Kier alpha value is -3.96. The molecule has 0 spiro atoms. The van der Waals surface area contributed by atoms with Crippen molar-refractivity contribution in [2.24, 2.45) is 5.10 Å². The number of aryl methyl sites for hydroxylation is 1. The number of rotatable bonds is 4. The summed E-state index contributed by atoms with van der Waals surface area (Å²) >= 11 is 0. The highest BCUT2D eigenvalue weighted by Gasteiger charge is 2.43. The maximum atomic E-state index is 13.0. The van der Waals surface area contributed by atoms with Crippen LogP contribution in [0.4, 0.5) is 22.8 Å². The number of carbonyl (C=O) groups excluding carboxylic acids is 3. The van der Waals surface area contributed by atoms with Gasteiger partial charge in [-0.3, -0.25) is 14.7 Å². The highest BCUT2D eigenvalue weighted by Crippen LogP contribution is 2.28. The Balaban J connectivity index is 1.54. The zero-order valence-electron chi connectivity index (χ0n) is 19.9. The van der Waals surface area contributed by atoms with Crippen LogP contribution in [0, 0.1) is 6.92 Å². The fourth-order valence-electron chi connectivity index (χ4n) is 4.14.